The molecule has 70 valence electrons. The van der Waals surface area contributed by atoms with E-state index in [-0.39, 0.29) is 6.10 Å². The smallest absolute Gasteiger partial charge is 0.115 e. The van der Waals surface area contributed by atoms with Crippen LogP contribution in [0.1, 0.15) is 37.4 Å². The Kier molecular flexibility index (Phi) is 2.54. The van der Waals surface area contributed by atoms with Gasteiger partial charge in [-0.2, -0.15) is 0 Å². The Morgan fingerprint density at radius 2 is 1.85 bits per heavy atom. The highest BCUT2D eigenvalue weighted by Crippen LogP contribution is 2.34. The van der Waals surface area contributed by atoms with Crippen LogP contribution in [0.3, 0.4) is 0 Å². The molecular weight excluding hydrogens is 164 g/mol. The van der Waals surface area contributed by atoms with Crippen molar-refractivity contribution in [2.24, 2.45) is 5.92 Å². The summed E-state index contributed by atoms with van der Waals surface area (Å²) in [6.45, 7) is 0. The average molecular weight is 178 g/mol. The molecule has 13 heavy (non-hydrogen) atoms. The second-order valence-electron chi connectivity index (χ2n) is 3.66. The van der Waals surface area contributed by atoms with Crippen molar-refractivity contribution < 1.29 is 5.11 Å². The lowest BCUT2D eigenvalue weighted by Crippen LogP contribution is -2.09. The van der Waals surface area contributed by atoms with Gasteiger partial charge in [0, 0.05) is 18.0 Å². The number of aromatic nitrogens is 2. The van der Waals surface area contributed by atoms with E-state index in [4.69, 9.17) is 0 Å². The number of aliphatic hydroxyl groups excluding tert-OH is 1. The molecule has 3 nitrogen and oxygen atoms in total. The molecule has 1 fully saturated rings. The highest BCUT2D eigenvalue weighted by molar-refractivity contribution is 5.08. The minimum atomic E-state index is -0.358. The molecule has 0 aromatic carbocycles. The zero-order chi connectivity index (χ0) is 9.10. The first-order valence-electron chi connectivity index (χ1n) is 4.81. The quantitative estimate of drug-likeness (QED) is 0.749. The van der Waals surface area contributed by atoms with Crippen molar-refractivity contribution in [3.8, 4) is 0 Å². The standard InChI is InChI=1S/C10H14N2O/c13-10(8-3-1-2-4-8)9-5-11-7-12-6-9/h5-8,10,13H,1-4H2. The van der Waals surface area contributed by atoms with Crippen LogP contribution in [0.2, 0.25) is 0 Å². The molecule has 1 unspecified atom stereocenters. The third kappa shape index (κ3) is 1.86. The lowest BCUT2D eigenvalue weighted by molar-refractivity contribution is 0.111. The van der Waals surface area contributed by atoms with E-state index in [0.717, 1.165) is 18.4 Å². The van der Waals surface area contributed by atoms with E-state index < -0.39 is 0 Å². The predicted octanol–water partition coefficient (Wildman–Crippen LogP) is 1.70. The van der Waals surface area contributed by atoms with E-state index in [2.05, 4.69) is 9.97 Å². The molecule has 3 heteroatoms. The van der Waals surface area contributed by atoms with Gasteiger partial charge in [-0.15, -0.1) is 0 Å². The van der Waals surface area contributed by atoms with Crippen molar-refractivity contribution in [1.82, 2.24) is 9.97 Å². The van der Waals surface area contributed by atoms with Crippen molar-refractivity contribution in [2.45, 2.75) is 31.8 Å². The van der Waals surface area contributed by atoms with Gasteiger partial charge in [-0.3, -0.25) is 0 Å². The van der Waals surface area contributed by atoms with Crippen LogP contribution in [0.4, 0.5) is 0 Å². The lowest BCUT2D eigenvalue weighted by Gasteiger charge is -2.16. The van der Waals surface area contributed by atoms with Gasteiger partial charge in [-0.1, -0.05) is 12.8 Å². The first-order chi connectivity index (χ1) is 6.38. The van der Waals surface area contributed by atoms with Crippen molar-refractivity contribution in [2.75, 3.05) is 0 Å². The van der Waals surface area contributed by atoms with Crippen molar-refractivity contribution in [3.05, 3.63) is 24.3 Å². The Hall–Kier alpha value is -0.960. The summed E-state index contributed by atoms with van der Waals surface area (Å²) in [6, 6.07) is 0. The maximum absolute atomic E-state index is 9.94. The van der Waals surface area contributed by atoms with Crippen LogP contribution >= 0.6 is 0 Å². The second-order valence-corrected chi connectivity index (χ2v) is 3.66. The SMILES string of the molecule is OC(c1cncnc1)C1CCCC1. The fraction of sp³-hybridized carbons (Fsp3) is 0.600. The molecule has 0 aliphatic heterocycles. The summed E-state index contributed by atoms with van der Waals surface area (Å²) in [6.07, 6.45) is 9.30. The number of aliphatic hydroxyl groups is 1. The summed E-state index contributed by atoms with van der Waals surface area (Å²) in [4.78, 5) is 7.81. The minimum absolute atomic E-state index is 0.358. The van der Waals surface area contributed by atoms with Crippen molar-refractivity contribution in [3.63, 3.8) is 0 Å². The average Bonchev–Trinajstić information content (AvgIpc) is 2.71. The molecule has 1 saturated carbocycles. The molecule has 0 radical (unpaired) electrons. The first-order valence-corrected chi connectivity index (χ1v) is 4.81. The molecule has 0 saturated heterocycles. The monoisotopic (exact) mass is 178 g/mol. The summed E-state index contributed by atoms with van der Waals surface area (Å²) < 4.78 is 0. The van der Waals surface area contributed by atoms with Crippen LogP contribution in [0.25, 0.3) is 0 Å². The molecule has 0 spiro atoms. The predicted molar refractivity (Wildman–Crippen MR) is 48.9 cm³/mol. The molecule has 1 aliphatic rings. The van der Waals surface area contributed by atoms with Gasteiger partial charge >= 0.3 is 0 Å². The normalized spacial score (nSPS) is 20.4. The molecular formula is C10H14N2O. The Bertz CT molecular complexity index is 257. The van der Waals surface area contributed by atoms with Crippen molar-refractivity contribution in [1.29, 1.82) is 0 Å². The third-order valence-corrected chi connectivity index (χ3v) is 2.77. The van der Waals surface area contributed by atoms with E-state index >= 15 is 0 Å². The van der Waals surface area contributed by atoms with E-state index in [1.165, 1.54) is 19.2 Å². The molecule has 0 bridgehead atoms. The maximum atomic E-state index is 9.94. The third-order valence-electron chi connectivity index (χ3n) is 2.77. The number of rotatable bonds is 2. The zero-order valence-electron chi connectivity index (χ0n) is 7.56. The Balaban J connectivity index is 2.08. The van der Waals surface area contributed by atoms with E-state index in [0.29, 0.717) is 5.92 Å². The summed E-state index contributed by atoms with van der Waals surface area (Å²) >= 11 is 0. The van der Waals surface area contributed by atoms with Crippen LogP contribution in [0, 0.1) is 5.92 Å². The highest BCUT2D eigenvalue weighted by Gasteiger charge is 2.24. The summed E-state index contributed by atoms with van der Waals surface area (Å²) in [5.41, 5.74) is 0.856. The van der Waals surface area contributed by atoms with Crippen molar-refractivity contribution >= 4 is 0 Å². The number of nitrogens with zero attached hydrogens (tertiary/aromatic N) is 2. The van der Waals surface area contributed by atoms with Gasteiger partial charge in [0.2, 0.25) is 0 Å². The molecule has 1 aromatic heterocycles. The van der Waals surface area contributed by atoms with Gasteiger partial charge in [0.1, 0.15) is 6.33 Å². The number of hydrogen-bond acceptors (Lipinski definition) is 3. The van der Waals surface area contributed by atoms with Gasteiger partial charge in [-0.05, 0) is 18.8 Å². The summed E-state index contributed by atoms with van der Waals surface area (Å²) in [5.74, 6) is 0.422. The van der Waals surface area contributed by atoms with E-state index in [1.54, 1.807) is 12.4 Å². The molecule has 0 amide bonds. The summed E-state index contributed by atoms with van der Waals surface area (Å²) in [5, 5.41) is 9.94. The topological polar surface area (TPSA) is 46.0 Å². The zero-order valence-corrected chi connectivity index (χ0v) is 7.56. The lowest BCUT2D eigenvalue weighted by atomic mass is 9.96. The molecule has 1 N–H and O–H groups in total. The van der Waals surface area contributed by atoms with Gasteiger partial charge in [0.25, 0.3) is 0 Å². The summed E-state index contributed by atoms with van der Waals surface area (Å²) in [7, 11) is 0. The molecule has 1 heterocycles. The van der Waals surface area contributed by atoms with Gasteiger partial charge in [0.15, 0.2) is 0 Å². The fourth-order valence-corrected chi connectivity index (χ4v) is 2.01. The van der Waals surface area contributed by atoms with E-state index in [1.807, 2.05) is 0 Å². The van der Waals surface area contributed by atoms with Crippen LogP contribution in [0.5, 0.6) is 0 Å². The van der Waals surface area contributed by atoms with Crippen LogP contribution in [-0.4, -0.2) is 15.1 Å². The first kappa shape index (κ1) is 8.63. The molecule has 2 rings (SSSR count). The molecule has 1 atom stereocenters. The largest absolute Gasteiger partial charge is 0.388 e. The fourth-order valence-electron chi connectivity index (χ4n) is 2.01. The number of hydrogen-bond donors (Lipinski definition) is 1. The Morgan fingerprint density at radius 1 is 1.23 bits per heavy atom. The van der Waals surface area contributed by atoms with E-state index in [9.17, 15) is 5.11 Å². The minimum Gasteiger partial charge on any atom is -0.388 e. The maximum Gasteiger partial charge on any atom is 0.115 e. The Labute approximate surface area is 77.8 Å². The Morgan fingerprint density at radius 3 is 2.46 bits per heavy atom. The van der Waals surface area contributed by atoms with Crippen LogP contribution in [-0.2, 0) is 0 Å². The van der Waals surface area contributed by atoms with Gasteiger partial charge in [-0.25, -0.2) is 9.97 Å². The molecule has 1 aromatic rings. The van der Waals surface area contributed by atoms with Gasteiger partial charge < -0.3 is 5.11 Å². The highest BCUT2D eigenvalue weighted by atomic mass is 16.3. The van der Waals surface area contributed by atoms with Gasteiger partial charge in [0.05, 0.1) is 6.10 Å². The van der Waals surface area contributed by atoms with Crippen LogP contribution < -0.4 is 0 Å². The molecule has 1 aliphatic carbocycles. The second kappa shape index (κ2) is 3.83. The van der Waals surface area contributed by atoms with Crippen LogP contribution in [0.15, 0.2) is 18.7 Å².